The predicted octanol–water partition coefficient (Wildman–Crippen LogP) is 3.50. The van der Waals surface area contributed by atoms with Gasteiger partial charge in [0.2, 0.25) is 0 Å². The second kappa shape index (κ2) is 5.34. The molecule has 3 nitrogen and oxygen atoms in total. The molecule has 0 amide bonds. The lowest BCUT2D eigenvalue weighted by atomic mass is 10.0. The minimum absolute atomic E-state index is 0.0830. The van der Waals surface area contributed by atoms with E-state index in [9.17, 15) is 4.79 Å². The van der Waals surface area contributed by atoms with Gasteiger partial charge in [-0.15, -0.1) is 0 Å². The highest BCUT2D eigenvalue weighted by Gasteiger charge is 2.13. The van der Waals surface area contributed by atoms with Crippen LogP contribution >= 0.6 is 0 Å². The molecule has 0 spiro atoms. The Hall–Kier alpha value is -2.13. The van der Waals surface area contributed by atoms with Gasteiger partial charge in [-0.3, -0.25) is 4.79 Å². The zero-order valence-corrected chi connectivity index (χ0v) is 12.6. The van der Waals surface area contributed by atoms with Crippen LogP contribution in [0.2, 0.25) is 0 Å². The predicted molar refractivity (Wildman–Crippen MR) is 86.9 cm³/mol. The van der Waals surface area contributed by atoms with E-state index in [2.05, 4.69) is 4.57 Å². The van der Waals surface area contributed by atoms with Gasteiger partial charge in [-0.2, -0.15) is 0 Å². The van der Waals surface area contributed by atoms with Gasteiger partial charge in [0.15, 0.2) is 5.43 Å². The summed E-state index contributed by atoms with van der Waals surface area (Å²) in [5, 5.41) is 1.57. The molecule has 3 heteroatoms. The number of aryl methyl sites for hydroxylation is 1. The Morgan fingerprint density at radius 1 is 1.10 bits per heavy atom. The molecule has 3 rings (SSSR count). The zero-order valence-electron chi connectivity index (χ0n) is 12.6. The average Bonchev–Trinajstić information content (AvgIpc) is 2.51. The Kier molecular flexibility index (Phi) is 3.52. The van der Waals surface area contributed by atoms with Crippen LogP contribution in [0, 0.1) is 6.92 Å². The van der Waals surface area contributed by atoms with Gasteiger partial charge in [-0.05, 0) is 37.6 Å². The standard InChI is InChI=1S/C18H19NO2/c1-12-7-6-10-16-17(12)18(20)14-8-4-5-9-15(14)19(16)11-13(2)21-3/h4-10,13H,11H2,1-3H3. The normalized spacial score (nSPS) is 12.9. The molecule has 0 radical (unpaired) electrons. The largest absolute Gasteiger partial charge is 0.380 e. The Bertz CT molecular complexity index is 864. The molecular weight excluding hydrogens is 262 g/mol. The van der Waals surface area contributed by atoms with Crippen molar-refractivity contribution in [1.29, 1.82) is 0 Å². The fourth-order valence-electron chi connectivity index (χ4n) is 2.87. The van der Waals surface area contributed by atoms with Crippen LogP contribution < -0.4 is 5.43 Å². The van der Waals surface area contributed by atoms with E-state index in [1.165, 1.54) is 0 Å². The molecule has 0 bridgehead atoms. The van der Waals surface area contributed by atoms with Gasteiger partial charge >= 0.3 is 0 Å². The number of hydrogen-bond donors (Lipinski definition) is 0. The Balaban J connectivity index is 2.48. The molecule has 1 heterocycles. The van der Waals surface area contributed by atoms with E-state index in [4.69, 9.17) is 4.74 Å². The quantitative estimate of drug-likeness (QED) is 0.688. The molecule has 1 aromatic heterocycles. The zero-order chi connectivity index (χ0) is 15.0. The van der Waals surface area contributed by atoms with Crippen molar-refractivity contribution in [2.24, 2.45) is 0 Å². The minimum atomic E-state index is 0.0830. The van der Waals surface area contributed by atoms with E-state index in [1.54, 1.807) is 7.11 Å². The number of nitrogens with zero attached hydrogens (tertiary/aromatic N) is 1. The first-order valence-corrected chi connectivity index (χ1v) is 7.17. The lowest BCUT2D eigenvalue weighted by molar-refractivity contribution is 0.105. The molecule has 2 aromatic carbocycles. The number of hydrogen-bond acceptors (Lipinski definition) is 2. The van der Waals surface area contributed by atoms with Gasteiger partial charge in [0.1, 0.15) is 0 Å². The SMILES string of the molecule is COC(C)Cn1c2ccccc2c(=O)c2c(C)cccc21. The van der Waals surface area contributed by atoms with E-state index in [0.29, 0.717) is 0 Å². The maximum absolute atomic E-state index is 12.8. The third kappa shape index (κ3) is 2.24. The van der Waals surface area contributed by atoms with Gasteiger partial charge < -0.3 is 9.30 Å². The Labute approximate surface area is 123 Å². The number of methoxy groups -OCH3 is 1. The molecule has 0 saturated carbocycles. The number of ether oxygens (including phenoxy) is 1. The number of fused-ring (bicyclic) bond motifs is 2. The van der Waals surface area contributed by atoms with Gasteiger partial charge in [0, 0.05) is 24.4 Å². The van der Waals surface area contributed by atoms with Crippen molar-refractivity contribution in [3.63, 3.8) is 0 Å². The highest BCUT2D eigenvalue weighted by Crippen LogP contribution is 2.22. The monoisotopic (exact) mass is 281 g/mol. The number of para-hydroxylation sites is 1. The topological polar surface area (TPSA) is 31.2 Å². The van der Waals surface area contributed by atoms with E-state index >= 15 is 0 Å². The first kappa shape index (κ1) is 13.8. The summed E-state index contributed by atoms with van der Waals surface area (Å²) in [5.41, 5.74) is 3.06. The molecule has 21 heavy (non-hydrogen) atoms. The average molecular weight is 281 g/mol. The fraction of sp³-hybridized carbons (Fsp3) is 0.278. The molecule has 0 saturated heterocycles. The summed E-state index contributed by atoms with van der Waals surface area (Å²) in [7, 11) is 1.71. The molecular formula is C18H19NO2. The number of pyridine rings is 1. The van der Waals surface area contributed by atoms with Crippen LogP contribution in [0.25, 0.3) is 21.8 Å². The third-order valence-corrected chi connectivity index (χ3v) is 4.05. The molecule has 1 unspecified atom stereocenters. The van der Waals surface area contributed by atoms with Crippen molar-refractivity contribution in [3.05, 3.63) is 58.3 Å². The summed E-state index contributed by atoms with van der Waals surface area (Å²) in [6.07, 6.45) is 0.0830. The highest BCUT2D eigenvalue weighted by molar-refractivity contribution is 5.95. The van der Waals surface area contributed by atoms with E-state index < -0.39 is 0 Å². The van der Waals surface area contributed by atoms with Crippen LogP contribution in [0.4, 0.5) is 0 Å². The van der Waals surface area contributed by atoms with Crippen LogP contribution in [-0.4, -0.2) is 17.8 Å². The summed E-state index contributed by atoms with van der Waals surface area (Å²) in [6.45, 7) is 4.74. The van der Waals surface area contributed by atoms with Crippen LogP contribution in [0.1, 0.15) is 12.5 Å². The third-order valence-electron chi connectivity index (χ3n) is 4.05. The molecule has 0 N–H and O–H groups in total. The van der Waals surface area contributed by atoms with Crippen molar-refractivity contribution < 1.29 is 4.74 Å². The second-order valence-corrected chi connectivity index (χ2v) is 5.47. The Morgan fingerprint density at radius 2 is 1.81 bits per heavy atom. The molecule has 3 aromatic rings. The van der Waals surface area contributed by atoms with E-state index in [-0.39, 0.29) is 11.5 Å². The van der Waals surface area contributed by atoms with Crippen molar-refractivity contribution in [2.45, 2.75) is 26.5 Å². The summed E-state index contributed by atoms with van der Waals surface area (Å²) < 4.78 is 7.60. The van der Waals surface area contributed by atoms with E-state index in [0.717, 1.165) is 33.9 Å². The minimum Gasteiger partial charge on any atom is -0.380 e. The lowest BCUT2D eigenvalue weighted by Crippen LogP contribution is -2.19. The fourth-order valence-corrected chi connectivity index (χ4v) is 2.87. The number of rotatable bonds is 3. The maximum atomic E-state index is 12.8. The van der Waals surface area contributed by atoms with E-state index in [1.807, 2.05) is 56.3 Å². The summed E-state index contributed by atoms with van der Waals surface area (Å²) >= 11 is 0. The Morgan fingerprint density at radius 3 is 2.57 bits per heavy atom. The molecule has 1 atom stereocenters. The first-order valence-electron chi connectivity index (χ1n) is 7.17. The maximum Gasteiger partial charge on any atom is 0.197 e. The second-order valence-electron chi connectivity index (χ2n) is 5.47. The number of aromatic nitrogens is 1. The van der Waals surface area contributed by atoms with Crippen molar-refractivity contribution in [1.82, 2.24) is 4.57 Å². The molecule has 0 aliphatic heterocycles. The van der Waals surface area contributed by atoms with Crippen LogP contribution in [0.3, 0.4) is 0 Å². The van der Waals surface area contributed by atoms with Crippen molar-refractivity contribution in [2.75, 3.05) is 7.11 Å². The van der Waals surface area contributed by atoms with Crippen LogP contribution in [-0.2, 0) is 11.3 Å². The van der Waals surface area contributed by atoms with Crippen molar-refractivity contribution in [3.8, 4) is 0 Å². The lowest BCUT2D eigenvalue weighted by Gasteiger charge is -2.19. The van der Waals surface area contributed by atoms with Gasteiger partial charge in [-0.25, -0.2) is 0 Å². The summed E-state index contributed by atoms with van der Waals surface area (Å²) in [4.78, 5) is 12.8. The van der Waals surface area contributed by atoms with Crippen LogP contribution in [0.15, 0.2) is 47.3 Å². The molecule has 0 aliphatic rings. The molecule has 0 fully saturated rings. The first-order chi connectivity index (χ1) is 10.1. The highest BCUT2D eigenvalue weighted by atomic mass is 16.5. The van der Waals surface area contributed by atoms with Gasteiger partial charge in [0.05, 0.1) is 17.1 Å². The smallest absolute Gasteiger partial charge is 0.197 e. The van der Waals surface area contributed by atoms with Crippen molar-refractivity contribution >= 4 is 21.8 Å². The number of benzene rings is 2. The van der Waals surface area contributed by atoms with Gasteiger partial charge in [-0.1, -0.05) is 24.3 Å². The summed E-state index contributed by atoms with van der Waals surface area (Å²) in [6, 6.07) is 13.8. The summed E-state index contributed by atoms with van der Waals surface area (Å²) in [5.74, 6) is 0. The molecule has 0 aliphatic carbocycles. The van der Waals surface area contributed by atoms with Gasteiger partial charge in [0.25, 0.3) is 0 Å². The molecule has 108 valence electrons. The van der Waals surface area contributed by atoms with Crippen LogP contribution in [0.5, 0.6) is 0 Å².